The summed E-state index contributed by atoms with van der Waals surface area (Å²) in [7, 11) is 0. The van der Waals surface area contributed by atoms with E-state index in [4.69, 9.17) is 4.74 Å². The van der Waals surface area contributed by atoms with Crippen molar-refractivity contribution >= 4 is 6.29 Å². The number of aldehydes is 1. The molecule has 0 saturated carbocycles. The summed E-state index contributed by atoms with van der Waals surface area (Å²) in [6, 6.07) is 5.85. The van der Waals surface area contributed by atoms with Crippen LogP contribution in [-0.4, -0.2) is 6.29 Å². The van der Waals surface area contributed by atoms with Crippen molar-refractivity contribution in [1.29, 1.82) is 0 Å². The summed E-state index contributed by atoms with van der Waals surface area (Å²) < 4.78 is 5.12. The molecule has 0 spiro atoms. The molecule has 0 atom stereocenters. The van der Waals surface area contributed by atoms with Crippen LogP contribution in [0.1, 0.15) is 11.1 Å². The first kappa shape index (κ1) is 8.78. The number of ether oxygens (including phenoxy) is 1. The van der Waals surface area contributed by atoms with E-state index in [9.17, 15) is 4.79 Å². The van der Waals surface area contributed by atoms with E-state index in [1.54, 1.807) is 0 Å². The third-order valence-electron chi connectivity index (χ3n) is 1.65. The summed E-state index contributed by atoms with van der Waals surface area (Å²) >= 11 is 0. The highest BCUT2D eigenvalue weighted by atomic mass is 16.5. The molecule has 1 radical (unpaired) electrons. The molecule has 0 bridgehead atoms. The van der Waals surface area contributed by atoms with Crippen LogP contribution in [0.25, 0.3) is 0 Å². The van der Waals surface area contributed by atoms with Crippen LogP contribution in [0.4, 0.5) is 0 Å². The van der Waals surface area contributed by atoms with Gasteiger partial charge < -0.3 is 4.74 Å². The van der Waals surface area contributed by atoms with Gasteiger partial charge in [-0.2, -0.15) is 0 Å². The first-order valence-corrected chi connectivity index (χ1v) is 3.75. The Morgan fingerprint density at radius 2 is 1.83 bits per heavy atom. The second-order valence-electron chi connectivity index (χ2n) is 2.61. The van der Waals surface area contributed by atoms with Crippen molar-refractivity contribution < 1.29 is 9.53 Å². The summed E-state index contributed by atoms with van der Waals surface area (Å²) in [5, 5.41) is 0. The number of carbonyl (C=O) groups is 1. The van der Waals surface area contributed by atoms with Crippen molar-refractivity contribution in [2.75, 3.05) is 0 Å². The molecular formula is C10H11O2. The Hall–Kier alpha value is -1.31. The molecule has 2 heteroatoms. The number of aryl methyl sites for hydroxylation is 2. The molecule has 0 aromatic heterocycles. The molecule has 1 aromatic carbocycles. The third kappa shape index (κ3) is 1.84. The van der Waals surface area contributed by atoms with Gasteiger partial charge in [0.15, 0.2) is 12.9 Å². The predicted octanol–water partition coefficient (Wildman–Crippen LogP) is 2.04. The Labute approximate surface area is 72.2 Å². The van der Waals surface area contributed by atoms with E-state index in [0.29, 0.717) is 6.29 Å². The fraction of sp³-hybridized carbons (Fsp3) is 0.200. The van der Waals surface area contributed by atoms with E-state index in [1.807, 2.05) is 32.0 Å². The van der Waals surface area contributed by atoms with Gasteiger partial charge in [-0.1, -0.05) is 18.2 Å². The molecule has 63 valence electrons. The largest absolute Gasteiger partial charge is 0.478 e. The summed E-state index contributed by atoms with van der Waals surface area (Å²) in [6.07, 6.45) is 0.631. The molecule has 0 aliphatic carbocycles. The van der Waals surface area contributed by atoms with Crippen molar-refractivity contribution in [3.8, 4) is 5.75 Å². The van der Waals surface area contributed by atoms with Crippen LogP contribution in [0.2, 0.25) is 0 Å². The van der Waals surface area contributed by atoms with Gasteiger partial charge in [-0.05, 0) is 25.0 Å². The summed E-state index contributed by atoms with van der Waals surface area (Å²) in [4.78, 5) is 10.0. The lowest BCUT2D eigenvalue weighted by Crippen LogP contribution is -1.94. The molecule has 1 rings (SSSR count). The van der Waals surface area contributed by atoms with Crippen LogP contribution in [0.5, 0.6) is 5.75 Å². The van der Waals surface area contributed by atoms with E-state index < -0.39 is 0 Å². The van der Waals surface area contributed by atoms with Gasteiger partial charge in [-0.15, -0.1) is 0 Å². The van der Waals surface area contributed by atoms with Gasteiger partial charge in [0.1, 0.15) is 5.75 Å². The molecule has 0 amide bonds. The molecule has 0 unspecified atom stereocenters. The lowest BCUT2D eigenvalue weighted by Gasteiger charge is -2.07. The maximum absolute atomic E-state index is 10.0. The maximum Gasteiger partial charge on any atom is 0.197 e. The number of carbonyl (C=O) groups excluding carboxylic acids is 1. The highest BCUT2D eigenvalue weighted by Gasteiger charge is 2.01. The van der Waals surface area contributed by atoms with Crippen molar-refractivity contribution in [1.82, 2.24) is 0 Å². The molecule has 0 aliphatic rings. The average molecular weight is 163 g/mol. The topological polar surface area (TPSA) is 26.3 Å². The molecule has 0 fully saturated rings. The minimum Gasteiger partial charge on any atom is -0.478 e. The summed E-state index contributed by atoms with van der Waals surface area (Å²) in [5.41, 5.74) is 2.07. The molecule has 0 N–H and O–H groups in total. The van der Waals surface area contributed by atoms with E-state index in [-0.39, 0.29) is 0 Å². The zero-order chi connectivity index (χ0) is 8.97. The Bertz CT molecular complexity index is 259. The Kier molecular flexibility index (Phi) is 2.86. The van der Waals surface area contributed by atoms with Crippen LogP contribution in [0, 0.1) is 20.5 Å². The standard InChI is InChI=1S/C10H11O2/c1-8-4-3-5-9(2)10(8)12-7-6-11/h3-7H,1-2H3. The first-order valence-electron chi connectivity index (χ1n) is 3.75. The van der Waals surface area contributed by atoms with Crippen molar-refractivity contribution in [2.24, 2.45) is 0 Å². The highest BCUT2D eigenvalue weighted by molar-refractivity contribution is 5.59. The third-order valence-corrected chi connectivity index (χ3v) is 1.65. The lowest BCUT2D eigenvalue weighted by atomic mass is 10.1. The molecule has 0 aliphatic heterocycles. The van der Waals surface area contributed by atoms with E-state index >= 15 is 0 Å². The van der Waals surface area contributed by atoms with Crippen molar-refractivity contribution in [3.63, 3.8) is 0 Å². The van der Waals surface area contributed by atoms with E-state index in [2.05, 4.69) is 0 Å². The van der Waals surface area contributed by atoms with Gasteiger partial charge in [0.2, 0.25) is 0 Å². The number of rotatable bonds is 3. The van der Waals surface area contributed by atoms with Gasteiger partial charge >= 0.3 is 0 Å². The maximum atomic E-state index is 10.0. The van der Waals surface area contributed by atoms with Gasteiger partial charge in [0.25, 0.3) is 0 Å². The molecule has 0 heterocycles. The second-order valence-corrected chi connectivity index (χ2v) is 2.61. The number of para-hydroxylation sites is 1. The molecule has 12 heavy (non-hydrogen) atoms. The molecule has 1 aromatic rings. The zero-order valence-corrected chi connectivity index (χ0v) is 7.20. The minimum atomic E-state index is 0.631. The summed E-state index contributed by atoms with van der Waals surface area (Å²) in [6.45, 7) is 5.04. The first-order chi connectivity index (χ1) is 5.75. The summed E-state index contributed by atoms with van der Waals surface area (Å²) in [5.74, 6) is 0.768. The van der Waals surface area contributed by atoms with Crippen LogP contribution in [0.15, 0.2) is 18.2 Å². The Morgan fingerprint density at radius 3 is 2.33 bits per heavy atom. The van der Waals surface area contributed by atoms with Gasteiger partial charge in [-0.3, -0.25) is 4.79 Å². The number of hydrogen-bond acceptors (Lipinski definition) is 2. The van der Waals surface area contributed by atoms with Crippen LogP contribution >= 0.6 is 0 Å². The van der Waals surface area contributed by atoms with E-state index in [1.165, 1.54) is 0 Å². The number of hydrogen-bond donors (Lipinski definition) is 0. The zero-order valence-electron chi connectivity index (χ0n) is 7.20. The minimum absolute atomic E-state index is 0.631. The predicted molar refractivity (Wildman–Crippen MR) is 46.9 cm³/mol. The van der Waals surface area contributed by atoms with Crippen LogP contribution in [-0.2, 0) is 4.79 Å². The SMILES string of the molecule is Cc1cccc(C)c1O[CH]C=O. The van der Waals surface area contributed by atoms with Crippen molar-refractivity contribution in [3.05, 3.63) is 35.9 Å². The van der Waals surface area contributed by atoms with Gasteiger partial charge in [0, 0.05) is 0 Å². The van der Waals surface area contributed by atoms with Crippen LogP contribution in [0.3, 0.4) is 0 Å². The van der Waals surface area contributed by atoms with Gasteiger partial charge in [-0.25, -0.2) is 0 Å². The Balaban J connectivity index is 2.88. The molecular weight excluding hydrogens is 152 g/mol. The molecule has 0 saturated heterocycles. The van der Waals surface area contributed by atoms with Crippen molar-refractivity contribution in [2.45, 2.75) is 13.8 Å². The quantitative estimate of drug-likeness (QED) is 0.637. The Morgan fingerprint density at radius 1 is 1.25 bits per heavy atom. The smallest absolute Gasteiger partial charge is 0.197 e. The normalized spacial score (nSPS) is 9.50. The molecule has 2 nitrogen and oxygen atoms in total. The monoisotopic (exact) mass is 163 g/mol. The second kappa shape index (κ2) is 3.90. The highest BCUT2D eigenvalue weighted by Crippen LogP contribution is 2.22. The van der Waals surface area contributed by atoms with E-state index in [0.717, 1.165) is 23.5 Å². The van der Waals surface area contributed by atoms with Crippen LogP contribution < -0.4 is 4.74 Å². The average Bonchev–Trinajstić information content (AvgIpc) is 2.04. The lowest BCUT2D eigenvalue weighted by molar-refractivity contribution is -0.107. The number of benzene rings is 1. The fourth-order valence-corrected chi connectivity index (χ4v) is 1.08. The van der Waals surface area contributed by atoms with Gasteiger partial charge in [0.05, 0.1) is 0 Å². The fourth-order valence-electron chi connectivity index (χ4n) is 1.08.